The first-order valence-electron chi connectivity index (χ1n) is 4.13. The number of halogens is 6. The predicted molar refractivity (Wildman–Crippen MR) is 44.2 cm³/mol. The zero-order chi connectivity index (χ0) is 12.5. The maximum atomic E-state index is 12.8. The maximum absolute atomic E-state index is 12.8. The van der Waals surface area contributed by atoms with Gasteiger partial charge in [0.2, 0.25) is 0 Å². The van der Waals surface area contributed by atoms with Crippen LogP contribution in [-0.4, -0.2) is 12.3 Å². The molecule has 0 aliphatic rings. The van der Waals surface area contributed by atoms with E-state index in [1.807, 2.05) is 0 Å². The Labute approximate surface area is 86.9 Å². The van der Waals surface area contributed by atoms with E-state index in [0.29, 0.717) is 12.1 Å². The van der Waals surface area contributed by atoms with Gasteiger partial charge in [0.25, 0.3) is 0 Å². The number of hydrogen-bond acceptors (Lipinski definition) is 1. The molecule has 0 spiro atoms. The van der Waals surface area contributed by atoms with Crippen LogP contribution in [0.1, 0.15) is 11.6 Å². The minimum absolute atomic E-state index is 0.371. The highest BCUT2D eigenvalue weighted by molar-refractivity contribution is 5.23. The summed E-state index contributed by atoms with van der Waals surface area (Å²) in [6, 6.07) is -0.732. The van der Waals surface area contributed by atoms with Crippen molar-refractivity contribution in [1.29, 1.82) is 0 Å². The summed E-state index contributed by atoms with van der Waals surface area (Å²) >= 11 is 0. The number of nitrogens with two attached hydrogens (primary N) is 1. The molecule has 1 aromatic carbocycles. The van der Waals surface area contributed by atoms with Crippen molar-refractivity contribution in [2.24, 2.45) is 5.73 Å². The Morgan fingerprint density at radius 2 is 1.62 bits per heavy atom. The Morgan fingerprint density at radius 3 is 2.06 bits per heavy atom. The van der Waals surface area contributed by atoms with Gasteiger partial charge < -0.3 is 5.73 Å². The SMILES string of the molecule is NC(c1ccc(F)c(F)c1)C(F)(F)C(F)F. The third-order valence-electron chi connectivity index (χ3n) is 2.01. The summed E-state index contributed by atoms with van der Waals surface area (Å²) in [5.74, 6) is -7.18. The summed E-state index contributed by atoms with van der Waals surface area (Å²) in [5.41, 5.74) is 4.28. The number of hydrogen-bond donors (Lipinski definition) is 1. The van der Waals surface area contributed by atoms with E-state index in [1.165, 1.54) is 0 Å². The lowest BCUT2D eigenvalue weighted by atomic mass is 10.0. The van der Waals surface area contributed by atoms with E-state index in [9.17, 15) is 26.3 Å². The Hall–Kier alpha value is -1.24. The van der Waals surface area contributed by atoms with Crippen LogP contribution in [0.15, 0.2) is 18.2 Å². The molecule has 0 heterocycles. The van der Waals surface area contributed by atoms with Gasteiger partial charge in [-0.15, -0.1) is 0 Å². The highest BCUT2D eigenvalue weighted by Crippen LogP contribution is 2.35. The van der Waals surface area contributed by atoms with Crippen molar-refractivity contribution < 1.29 is 26.3 Å². The average molecular weight is 243 g/mol. The van der Waals surface area contributed by atoms with E-state index >= 15 is 0 Å². The molecule has 0 saturated heterocycles. The highest BCUT2D eigenvalue weighted by atomic mass is 19.3. The molecule has 0 bridgehead atoms. The molecule has 1 atom stereocenters. The standard InChI is InChI=1S/C9H7F6N/c10-5-2-1-4(3-6(5)11)7(16)9(14,15)8(12)13/h1-3,7-8H,16H2. The molecular formula is C9H7F6N. The zero-order valence-electron chi connectivity index (χ0n) is 7.73. The first kappa shape index (κ1) is 12.8. The predicted octanol–water partition coefficient (Wildman–Crippen LogP) is 2.87. The molecule has 0 aromatic heterocycles. The van der Waals surface area contributed by atoms with Crippen LogP contribution in [0, 0.1) is 11.6 Å². The quantitative estimate of drug-likeness (QED) is 0.811. The van der Waals surface area contributed by atoms with Crippen LogP contribution < -0.4 is 5.73 Å². The molecule has 0 saturated carbocycles. The van der Waals surface area contributed by atoms with Crippen LogP contribution in [0.2, 0.25) is 0 Å². The molecular weight excluding hydrogens is 236 g/mol. The van der Waals surface area contributed by atoms with Gasteiger partial charge in [-0.3, -0.25) is 0 Å². The molecule has 1 rings (SSSR count). The molecule has 0 aliphatic carbocycles. The number of benzene rings is 1. The van der Waals surface area contributed by atoms with Gasteiger partial charge in [-0.25, -0.2) is 17.6 Å². The topological polar surface area (TPSA) is 26.0 Å². The number of alkyl halides is 4. The molecule has 0 fully saturated rings. The van der Waals surface area contributed by atoms with Gasteiger partial charge in [0, 0.05) is 0 Å². The van der Waals surface area contributed by atoms with E-state index in [4.69, 9.17) is 5.73 Å². The van der Waals surface area contributed by atoms with Crippen LogP contribution in [0.25, 0.3) is 0 Å². The fourth-order valence-electron chi connectivity index (χ4n) is 1.06. The molecule has 0 aliphatic heterocycles. The van der Waals surface area contributed by atoms with Crippen molar-refractivity contribution in [2.75, 3.05) is 0 Å². The second-order valence-corrected chi connectivity index (χ2v) is 3.13. The monoisotopic (exact) mass is 243 g/mol. The van der Waals surface area contributed by atoms with Crippen LogP contribution in [-0.2, 0) is 0 Å². The number of rotatable bonds is 3. The zero-order valence-corrected chi connectivity index (χ0v) is 7.73. The summed E-state index contributed by atoms with van der Waals surface area (Å²) in [7, 11) is 0. The molecule has 16 heavy (non-hydrogen) atoms. The molecule has 7 heteroatoms. The van der Waals surface area contributed by atoms with E-state index in [0.717, 1.165) is 6.07 Å². The van der Waals surface area contributed by atoms with Gasteiger partial charge in [0.05, 0.1) is 0 Å². The van der Waals surface area contributed by atoms with Gasteiger partial charge in [-0.05, 0) is 17.7 Å². The molecule has 1 aromatic rings. The summed E-state index contributed by atoms with van der Waals surface area (Å²) < 4.78 is 74.5. The molecule has 90 valence electrons. The van der Waals surface area contributed by atoms with E-state index in [1.54, 1.807) is 0 Å². The minimum atomic E-state index is -4.50. The van der Waals surface area contributed by atoms with Gasteiger partial charge >= 0.3 is 12.3 Å². The molecule has 2 N–H and O–H groups in total. The largest absolute Gasteiger partial charge is 0.326 e. The molecule has 1 unspecified atom stereocenters. The average Bonchev–Trinajstić information content (AvgIpc) is 2.20. The summed E-state index contributed by atoms with van der Waals surface area (Å²) in [4.78, 5) is 0. The lowest BCUT2D eigenvalue weighted by Crippen LogP contribution is -2.39. The van der Waals surface area contributed by atoms with Crippen molar-refractivity contribution >= 4 is 0 Å². The smallest absolute Gasteiger partial charge is 0.319 e. The maximum Gasteiger partial charge on any atom is 0.326 e. The van der Waals surface area contributed by atoms with Crippen LogP contribution in [0.5, 0.6) is 0 Å². The Morgan fingerprint density at radius 1 is 1.06 bits per heavy atom. The van der Waals surface area contributed by atoms with Crippen molar-refractivity contribution in [3.8, 4) is 0 Å². The van der Waals surface area contributed by atoms with Crippen molar-refractivity contribution in [2.45, 2.75) is 18.4 Å². The van der Waals surface area contributed by atoms with Gasteiger partial charge in [0.1, 0.15) is 6.04 Å². The summed E-state index contributed by atoms with van der Waals surface area (Å²) in [6.07, 6.45) is -3.98. The lowest BCUT2D eigenvalue weighted by molar-refractivity contribution is -0.144. The van der Waals surface area contributed by atoms with Crippen LogP contribution in [0.3, 0.4) is 0 Å². The van der Waals surface area contributed by atoms with Crippen molar-refractivity contribution in [1.82, 2.24) is 0 Å². The van der Waals surface area contributed by atoms with E-state index in [-0.39, 0.29) is 0 Å². The minimum Gasteiger partial charge on any atom is -0.319 e. The Balaban J connectivity index is 3.05. The van der Waals surface area contributed by atoms with Gasteiger partial charge in [0.15, 0.2) is 11.6 Å². The van der Waals surface area contributed by atoms with E-state index < -0.39 is 35.6 Å². The van der Waals surface area contributed by atoms with Crippen molar-refractivity contribution in [3.05, 3.63) is 35.4 Å². The first-order valence-corrected chi connectivity index (χ1v) is 4.13. The van der Waals surface area contributed by atoms with Crippen LogP contribution >= 0.6 is 0 Å². The second kappa shape index (κ2) is 4.32. The van der Waals surface area contributed by atoms with E-state index in [2.05, 4.69) is 0 Å². The summed E-state index contributed by atoms with van der Waals surface area (Å²) in [5, 5.41) is 0. The lowest BCUT2D eigenvalue weighted by Gasteiger charge is -2.22. The van der Waals surface area contributed by atoms with Crippen molar-refractivity contribution in [3.63, 3.8) is 0 Å². The molecule has 1 nitrogen and oxygen atoms in total. The highest BCUT2D eigenvalue weighted by Gasteiger charge is 2.47. The summed E-state index contributed by atoms with van der Waals surface area (Å²) in [6.45, 7) is 0. The van der Waals surface area contributed by atoms with Gasteiger partial charge in [-0.1, -0.05) is 6.07 Å². The Kier molecular flexibility index (Phi) is 3.47. The fraction of sp³-hybridized carbons (Fsp3) is 0.333. The Bertz CT molecular complexity index is 378. The third kappa shape index (κ3) is 2.29. The fourth-order valence-corrected chi connectivity index (χ4v) is 1.06. The van der Waals surface area contributed by atoms with Gasteiger partial charge in [-0.2, -0.15) is 8.78 Å². The molecule has 0 amide bonds. The first-order chi connectivity index (χ1) is 7.26. The molecule has 0 radical (unpaired) electrons. The van der Waals surface area contributed by atoms with Crippen LogP contribution in [0.4, 0.5) is 26.3 Å². The third-order valence-corrected chi connectivity index (χ3v) is 2.01. The normalized spacial score (nSPS) is 14.2. The second-order valence-electron chi connectivity index (χ2n) is 3.13.